The maximum atomic E-state index is 13.1. The third kappa shape index (κ3) is 2.22. The maximum Gasteiger partial charge on any atom is 0.201 e. The Morgan fingerprint density at radius 3 is 2.67 bits per heavy atom. The Hall–Kier alpha value is -3.21. The van der Waals surface area contributed by atoms with E-state index in [2.05, 4.69) is 10.1 Å². The number of ketones is 1. The zero-order chi connectivity index (χ0) is 16.7. The summed E-state index contributed by atoms with van der Waals surface area (Å²) in [6, 6.07) is 13.4. The van der Waals surface area contributed by atoms with Gasteiger partial charge in [0, 0.05) is 28.2 Å². The predicted octanol–water partition coefficient (Wildman–Crippen LogP) is 4.50. The number of benzene rings is 2. The number of carbonyl (C=O) groups excluding carboxylic acids is 1. The average Bonchev–Trinajstić information content (AvgIpc) is 3.19. The largest absolute Gasteiger partial charge is 0.360 e. The molecule has 0 spiro atoms. The minimum absolute atomic E-state index is 0.175. The Kier molecular flexibility index (Phi) is 3.27. The molecule has 0 atom stereocenters. The number of carbonyl (C=O) groups is 1. The highest BCUT2D eigenvalue weighted by molar-refractivity contribution is 6.19. The number of hydrogen-bond donors (Lipinski definition) is 1. The second kappa shape index (κ2) is 5.45. The molecule has 0 aliphatic heterocycles. The SMILES string of the molecule is Cc1onc(-c2ccc(F)cc2)c1C(=O)c1c[nH]c2ccccc12. The molecule has 0 fully saturated rings. The molecule has 4 rings (SSSR count). The van der Waals surface area contributed by atoms with Gasteiger partial charge in [-0.15, -0.1) is 0 Å². The van der Waals surface area contributed by atoms with Crippen molar-refractivity contribution in [1.29, 1.82) is 0 Å². The van der Waals surface area contributed by atoms with E-state index >= 15 is 0 Å². The van der Waals surface area contributed by atoms with Crippen molar-refractivity contribution >= 4 is 16.7 Å². The summed E-state index contributed by atoms with van der Waals surface area (Å²) in [4.78, 5) is 16.2. The summed E-state index contributed by atoms with van der Waals surface area (Å²) in [5.74, 6) is -0.0846. The third-order valence-corrected chi connectivity index (χ3v) is 4.04. The van der Waals surface area contributed by atoms with Crippen LogP contribution in [0, 0.1) is 12.7 Å². The fourth-order valence-corrected chi connectivity index (χ4v) is 2.84. The Bertz CT molecular complexity index is 1040. The zero-order valence-electron chi connectivity index (χ0n) is 12.8. The van der Waals surface area contributed by atoms with E-state index in [1.807, 2.05) is 24.3 Å². The number of para-hydroxylation sites is 1. The van der Waals surface area contributed by atoms with Crippen molar-refractivity contribution in [2.45, 2.75) is 6.92 Å². The monoisotopic (exact) mass is 320 g/mol. The van der Waals surface area contributed by atoms with Gasteiger partial charge in [-0.25, -0.2) is 4.39 Å². The number of aromatic amines is 1. The van der Waals surface area contributed by atoms with E-state index in [1.54, 1.807) is 25.3 Å². The fraction of sp³-hybridized carbons (Fsp3) is 0.0526. The van der Waals surface area contributed by atoms with Gasteiger partial charge in [0.05, 0.1) is 5.56 Å². The molecule has 118 valence electrons. The first-order valence-corrected chi connectivity index (χ1v) is 7.48. The van der Waals surface area contributed by atoms with Crippen LogP contribution in [0.3, 0.4) is 0 Å². The molecule has 2 aromatic carbocycles. The van der Waals surface area contributed by atoms with Crippen LogP contribution in [0.2, 0.25) is 0 Å². The Morgan fingerprint density at radius 1 is 1.12 bits per heavy atom. The van der Waals surface area contributed by atoms with Crippen molar-refractivity contribution in [3.63, 3.8) is 0 Å². The van der Waals surface area contributed by atoms with Crippen LogP contribution >= 0.6 is 0 Å². The van der Waals surface area contributed by atoms with Gasteiger partial charge in [-0.3, -0.25) is 4.79 Å². The van der Waals surface area contributed by atoms with Crippen molar-refractivity contribution in [3.05, 3.63) is 77.4 Å². The molecule has 0 unspecified atom stereocenters. The number of halogens is 1. The highest BCUT2D eigenvalue weighted by Crippen LogP contribution is 2.29. The van der Waals surface area contributed by atoms with Gasteiger partial charge in [-0.05, 0) is 37.3 Å². The second-order valence-corrected chi connectivity index (χ2v) is 5.55. The predicted molar refractivity (Wildman–Crippen MR) is 88.4 cm³/mol. The van der Waals surface area contributed by atoms with Crippen LogP contribution < -0.4 is 0 Å². The molecule has 0 saturated heterocycles. The number of fused-ring (bicyclic) bond motifs is 1. The Balaban J connectivity index is 1.86. The van der Waals surface area contributed by atoms with Crippen molar-refractivity contribution in [3.8, 4) is 11.3 Å². The van der Waals surface area contributed by atoms with E-state index in [0.717, 1.165) is 10.9 Å². The van der Waals surface area contributed by atoms with Gasteiger partial charge in [-0.1, -0.05) is 23.4 Å². The molecule has 5 heteroatoms. The summed E-state index contributed by atoms with van der Waals surface area (Å²) >= 11 is 0. The maximum absolute atomic E-state index is 13.1. The van der Waals surface area contributed by atoms with Gasteiger partial charge < -0.3 is 9.51 Å². The standard InChI is InChI=1S/C19H13FN2O2/c1-11-17(18(22-24-11)12-6-8-13(20)9-7-12)19(23)15-10-21-16-5-3-2-4-14(15)16/h2-10,21H,1H3. The first kappa shape index (κ1) is 14.4. The number of nitrogens with zero attached hydrogens (tertiary/aromatic N) is 1. The molecule has 1 N–H and O–H groups in total. The van der Waals surface area contributed by atoms with Crippen molar-refractivity contribution < 1.29 is 13.7 Å². The summed E-state index contributed by atoms with van der Waals surface area (Å²) in [5, 5.41) is 4.84. The highest BCUT2D eigenvalue weighted by atomic mass is 19.1. The van der Waals surface area contributed by atoms with Crippen molar-refractivity contribution in [2.75, 3.05) is 0 Å². The number of aromatic nitrogens is 2. The van der Waals surface area contributed by atoms with Crippen LogP contribution in [-0.2, 0) is 0 Å². The molecule has 0 aliphatic carbocycles. The lowest BCUT2D eigenvalue weighted by Gasteiger charge is -2.02. The molecule has 0 amide bonds. The third-order valence-electron chi connectivity index (χ3n) is 4.04. The van der Waals surface area contributed by atoms with Gasteiger partial charge in [-0.2, -0.15) is 0 Å². The highest BCUT2D eigenvalue weighted by Gasteiger charge is 2.24. The van der Waals surface area contributed by atoms with Gasteiger partial charge in [0.1, 0.15) is 17.3 Å². The van der Waals surface area contributed by atoms with Crippen LogP contribution in [-0.4, -0.2) is 15.9 Å². The van der Waals surface area contributed by atoms with E-state index in [-0.39, 0.29) is 11.6 Å². The van der Waals surface area contributed by atoms with E-state index in [9.17, 15) is 9.18 Å². The van der Waals surface area contributed by atoms with Gasteiger partial charge in [0.15, 0.2) is 0 Å². The van der Waals surface area contributed by atoms with Gasteiger partial charge >= 0.3 is 0 Å². The molecule has 0 saturated carbocycles. The molecule has 4 nitrogen and oxygen atoms in total. The quantitative estimate of drug-likeness (QED) is 0.565. The number of aryl methyl sites for hydroxylation is 1. The summed E-state index contributed by atoms with van der Waals surface area (Å²) in [6.45, 7) is 1.70. The van der Waals surface area contributed by atoms with Gasteiger partial charge in [0.2, 0.25) is 5.78 Å². The molecular weight excluding hydrogens is 307 g/mol. The minimum Gasteiger partial charge on any atom is -0.360 e. The van der Waals surface area contributed by atoms with Crippen LogP contribution in [0.1, 0.15) is 21.7 Å². The van der Waals surface area contributed by atoms with Crippen LogP contribution in [0.25, 0.3) is 22.2 Å². The molecular formula is C19H13FN2O2. The molecule has 4 aromatic rings. The molecule has 0 aliphatic rings. The van der Waals surface area contributed by atoms with E-state index in [4.69, 9.17) is 4.52 Å². The normalized spacial score (nSPS) is 11.1. The van der Waals surface area contributed by atoms with Crippen LogP contribution in [0.5, 0.6) is 0 Å². The lowest BCUT2D eigenvalue weighted by Crippen LogP contribution is -2.03. The smallest absolute Gasteiger partial charge is 0.201 e. The zero-order valence-corrected chi connectivity index (χ0v) is 12.8. The molecule has 2 heterocycles. The summed E-state index contributed by atoms with van der Waals surface area (Å²) in [7, 11) is 0. The lowest BCUT2D eigenvalue weighted by atomic mass is 9.98. The summed E-state index contributed by atoms with van der Waals surface area (Å²) < 4.78 is 18.4. The molecule has 2 aromatic heterocycles. The van der Waals surface area contributed by atoms with Crippen LogP contribution in [0.15, 0.2) is 59.3 Å². The molecule has 0 bridgehead atoms. The Labute approximate surface area is 136 Å². The summed E-state index contributed by atoms with van der Waals surface area (Å²) in [6.07, 6.45) is 1.69. The summed E-state index contributed by atoms with van der Waals surface area (Å²) in [5.41, 5.74) is 2.89. The molecule has 0 radical (unpaired) electrons. The average molecular weight is 320 g/mol. The van der Waals surface area contributed by atoms with E-state index in [0.29, 0.717) is 28.1 Å². The van der Waals surface area contributed by atoms with E-state index in [1.165, 1.54) is 12.1 Å². The Morgan fingerprint density at radius 2 is 1.88 bits per heavy atom. The lowest BCUT2D eigenvalue weighted by molar-refractivity contribution is 0.103. The first-order chi connectivity index (χ1) is 11.6. The first-order valence-electron chi connectivity index (χ1n) is 7.48. The number of H-pyrrole nitrogens is 1. The van der Waals surface area contributed by atoms with E-state index < -0.39 is 0 Å². The topological polar surface area (TPSA) is 58.9 Å². The van der Waals surface area contributed by atoms with Crippen molar-refractivity contribution in [1.82, 2.24) is 10.1 Å². The fourth-order valence-electron chi connectivity index (χ4n) is 2.84. The second-order valence-electron chi connectivity index (χ2n) is 5.55. The number of rotatable bonds is 3. The van der Waals surface area contributed by atoms with Crippen molar-refractivity contribution in [2.24, 2.45) is 0 Å². The molecule has 24 heavy (non-hydrogen) atoms. The number of nitrogens with one attached hydrogen (secondary N) is 1. The minimum atomic E-state index is -0.344. The van der Waals surface area contributed by atoms with Gasteiger partial charge in [0.25, 0.3) is 0 Å². The number of hydrogen-bond acceptors (Lipinski definition) is 3. The van der Waals surface area contributed by atoms with Crippen LogP contribution in [0.4, 0.5) is 4.39 Å².